The van der Waals surface area contributed by atoms with Crippen molar-refractivity contribution in [3.8, 4) is 6.07 Å². The first-order valence-corrected chi connectivity index (χ1v) is 8.24. The van der Waals surface area contributed by atoms with E-state index in [1.54, 1.807) is 0 Å². The molecule has 0 heterocycles. The van der Waals surface area contributed by atoms with Gasteiger partial charge in [0.25, 0.3) is 0 Å². The van der Waals surface area contributed by atoms with Gasteiger partial charge in [0.2, 0.25) is 0 Å². The molecule has 0 fully saturated rings. The number of nitrogens with zero attached hydrogens (tertiary/aromatic N) is 2. The smallest absolute Gasteiger partial charge is 0.346 e. The molecular weight excluding hydrogens is 312 g/mol. The molecule has 1 aliphatic carbocycles. The molecule has 0 amide bonds. The molecule has 1 aromatic rings. The zero-order chi connectivity index (χ0) is 18.6. The van der Waals surface area contributed by atoms with Gasteiger partial charge in [0, 0.05) is 19.8 Å². The van der Waals surface area contributed by atoms with Gasteiger partial charge in [0.1, 0.15) is 11.6 Å². The van der Waals surface area contributed by atoms with E-state index in [0.717, 1.165) is 23.2 Å². The SMILES string of the molecule is CN(C)c1ccc(/C=C/C2=CC(=C(/C#N)C(=O)O)/CC(C)(C)C2)cc1. The summed E-state index contributed by atoms with van der Waals surface area (Å²) >= 11 is 0. The van der Waals surface area contributed by atoms with Gasteiger partial charge < -0.3 is 10.0 Å². The third-order valence-corrected chi connectivity index (χ3v) is 4.26. The molecule has 0 aliphatic heterocycles. The van der Waals surface area contributed by atoms with E-state index in [4.69, 9.17) is 5.26 Å². The van der Waals surface area contributed by atoms with Crippen molar-refractivity contribution in [2.75, 3.05) is 19.0 Å². The number of rotatable bonds is 4. The minimum absolute atomic E-state index is 0.0733. The van der Waals surface area contributed by atoms with Crippen LogP contribution in [0.3, 0.4) is 0 Å². The lowest BCUT2D eigenvalue weighted by Crippen LogP contribution is -2.19. The van der Waals surface area contributed by atoms with Crippen LogP contribution in [0.2, 0.25) is 0 Å². The largest absolute Gasteiger partial charge is 0.477 e. The van der Waals surface area contributed by atoms with Crippen molar-refractivity contribution >= 4 is 17.7 Å². The summed E-state index contributed by atoms with van der Waals surface area (Å²) in [6.07, 6.45) is 7.33. The molecule has 1 N–H and O–H groups in total. The molecule has 0 unspecified atom stereocenters. The molecule has 0 radical (unpaired) electrons. The Labute approximate surface area is 149 Å². The highest BCUT2D eigenvalue weighted by Gasteiger charge is 2.27. The maximum atomic E-state index is 11.3. The standard InChI is InChI=1S/C21H24N2O2/c1-21(2)12-16(11-17(13-21)19(14-22)20(24)25)6-5-15-7-9-18(10-8-15)23(3)4/h5-11H,12-13H2,1-4H3,(H,24,25)/b6-5+,19-17+. The fourth-order valence-electron chi connectivity index (χ4n) is 3.07. The monoisotopic (exact) mass is 336 g/mol. The molecule has 1 aromatic carbocycles. The fraction of sp³-hybridized carbons (Fsp3) is 0.333. The van der Waals surface area contributed by atoms with Crippen LogP contribution in [0.5, 0.6) is 0 Å². The van der Waals surface area contributed by atoms with E-state index in [1.165, 1.54) is 0 Å². The van der Waals surface area contributed by atoms with E-state index < -0.39 is 5.97 Å². The molecule has 4 nitrogen and oxygen atoms in total. The highest BCUT2D eigenvalue weighted by Crippen LogP contribution is 2.39. The zero-order valence-electron chi connectivity index (χ0n) is 15.2. The van der Waals surface area contributed by atoms with Gasteiger partial charge in [-0.05, 0) is 47.1 Å². The number of hydrogen-bond donors (Lipinski definition) is 1. The number of allylic oxidation sites excluding steroid dienone is 4. The van der Waals surface area contributed by atoms with E-state index in [2.05, 4.69) is 38.1 Å². The van der Waals surface area contributed by atoms with Crippen molar-refractivity contribution in [2.45, 2.75) is 26.7 Å². The average molecular weight is 336 g/mol. The molecule has 2 rings (SSSR count). The molecule has 0 aromatic heterocycles. The van der Waals surface area contributed by atoms with E-state index in [0.29, 0.717) is 12.0 Å². The molecule has 0 spiro atoms. The Morgan fingerprint density at radius 1 is 1.20 bits per heavy atom. The zero-order valence-corrected chi connectivity index (χ0v) is 15.2. The van der Waals surface area contributed by atoms with Gasteiger partial charge in [-0.15, -0.1) is 0 Å². The fourth-order valence-corrected chi connectivity index (χ4v) is 3.07. The molecule has 0 saturated heterocycles. The van der Waals surface area contributed by atoms with Crippen LogP contribution < -0.4 is 4.90 Å². The first-order valence-electron chi connectivity index (χ1n) is 8.24. The van der Waals surface area contributed by atoms with Crippen LogP contribution in [-0.2, 0) is 4.79 Å². The number of carboxylic acids is 1. The van der Waals surface area contributed by atoms with Crippen LogP contribution in [0, 0.1) is 16.7 Å². The van der Waals surface area contributed by atoms with Crippen molar-refractivity contribution in [2.24, 2.45) is 5.41 Å². The van der Waals surface area contributed by atoms with Gasteiger partial charge in [-0.2, -0.15) is 5.26 Å². The van der Waals surface area contributed by atoms with Crippen LogP contribution in [0.15, 0.2) is 53.1 Å². The minimum Gasteiger partial charge on any atom is -0.477 e. The van der Waals surface area contributed by atoms with Gasteiger partial charge >= 0.3 is 5.97 Å². The molecule has 4 heteroatoms. The summed E-state index contributed by atoms with van der Waals surface area (Å²) in [7, 11) is 4.01. The second-order valence-corrected chi connectivity index (χ2v) is 7.37. The summed E-state index contributed by atoms with van der Waals surface area (Å²) in [6.45, 7) is 4.19. The van der Waals surface area contributed by atoms with Crippen molar-refractivity contribution in [3.63, 3.8) is 0 Å². The Morgan fingerprint density at radius 3 is 2.36 bits per heavy atom. The van der Waals surface area contributed by atoms with Crippen LogP contribution in [0.25, 0.3) is 6.08 Å². The van der Waals surface area contributed by atoms with Crippen LogP contribution in [0.1, 0.15) is 32.3 Å². The first-order chi connectivity index (χ1) is 11.7. The average Bonchev–Trinajstić information content (AvgIpc) is 2.52. The Bertz CT molecular complexity index is 788. The van der Waals surface area contributed by atoms with Gasteiger partial charge in [0.15, 0.2) is 0 Å². The third-order valence-electron chi connectivity index (χ3n) is 4.26. The van der Waals surface area contributed by atoms with E-state index in [-0.39, 0.29) is 11.0 Å². The van der Waals surface area contributed by atoms with Gasteiger partial charge in [-0.3, -0.25) is 0 Å². The second-order valence-electron chi connectivity index (χ2n) is 7.37. The summed E-state index contributed by atoms with van der Waals surface area (Å²) in [6, 6.07) is 10.0. The van der Waals surface area contributed by atoms with Crippen LogP contribution in [-0.4, -0.2) is 25.2 Å². The van der Waals surface area contributed by atoms with Crippen molar-refractivity contribution in [1.82, 2.24) is 0 Å². The molecule has 130 valence electrons. The highest BCUT2D eigenvalue weighted by molar-refractivity contribution is 5.92. The van der Waals surface area contributed by atoms with Gasteiger partial charge in [0.05, 0.1) is 0 Å². The number of carboxylic acid groups (broad SMARTS) is 1. The molecule has 1 aliphatic rings. The third kappa shape index (κ3) is 4.84. The molecule has 0 atom stereocenters. The molecular formula is C21H24N2O2. The lowest BCUT2D eigenvalue weighted by atomic mass is 9.74. The predicted molar refractivity (Wildman–Crippen MR) is 101 cm³/mol. The van der Waals surface area contributed by atoms with E-state index in [9.17, 15) is 9.90 Å². The maximum absolute atomic E-state index is 11.3. The lowest BCUT2D eigenvalue weighted by Gasteiger charge is -2.30. The number of benzene rings is 1. The van der Waals surface area contributed by atoms with Crippen molar-refractivity contribution in [3.05, 3.63) is 58.7 Å². The minimum atomic E-state index is -1.16. The van der Waals surface area contributed by atoms with E-state index in [1.807, 2.05) is 43.3 Å². The van der Waals surface area contributed by atoms with E-state index >= 15 is 0 Å². The number of hydrogen-bond acceptors (Lipinski definition) is 3. The van der Waals surface area contributed by atoms with Gasteiger partial charge in [-0.1, -0.05) is 44.2 Å². The summed E-state index contributed by atoms with van der Waals surface area (Å²) < 4.78 is 0. The number of anilines is 1. The Morgan fingerprint density at radius 2 is 1.84 bits per heavy atom. The molecule has 0 saturated carbocycles. The summed E-state index contributed by atoms with van der Waals surface area (Å²) in [5.41, 5.74) is 3.63. The predicted octanol–water partition coefficient (Wildman–Crippen LogP) is 4.42. The Kier molecular flexibility index (Phi) is 5.48. The summed E-state index contributed by atoms with van der Waals surface area (Å²) in [4.78, 5) is 13.3. The first kappa shape index (κ1) is 18.5. The lowest BCUT2D eigenvalue weighted by molar-refractivity contribution is -0.132. The van der Waals surface area contributed by atoms with Gasteiger partial charge in [-0.25, -0.2) is 4.79 Å². The summed E-state index contributed by atoms with van der Waals surface area (Å²) in [5, 5.41) is 18.4. The Hall–Kier alpha value is -2.80. The van der Waals surface area contributed by atoms with Crippen LogP contribution in [0.4, 0.5) is 5.69 Å². The number of nitriles is 1. The van der Waals surface area contributed by atoms with Crippen molar-refractivity contribution < 1.29 is 9.90 Å². The number of carbonyl (C=O) groups is 1. The maximum Gasteiger partial charge on any atom is 0.346 e. The topological polar surface area (TPSA) is 64.3 Å². The van der Waals surface area contributed by atoms with Crippen molar-refractivity contribution in [1.29, 1.82) is 5.26 Å². The summed E-state index contributed by atoms with van der Waals surface area (Å²) in [5.74, 6) is -1.16. The molecule has 0 bridgehead atoms. The normalized spacial score (nSPS) is 18.4. The van der Waals surface area contributed by atoms with Crippen LogP contribution >= 0.6 is 0 Å². The number of aliphatic carboxylic acids is 1. The Balaban J connectivity index is 2.32. The second kappa shape index (κ2) is 7.40. The highest BCUT2D eigenvalue weighted by atomic mass is 16.4. The molecule has 25 heavy (non-hydrogen) atoms. The quantitative estimate of drug-likeness (QED) is 0.653.